The van der Waals surface area contributed by atoms with Gasteiger partial charge >= 0.3 is 0 Å². The molecule has 3 rings (SSSR count). The van der Waals surface area contributed by atoms with Crippen LogP contribution in [-0.2, 0) is 10.0 Å². The van der Waals surface area contributed by atoms with E-state index in [1.165, 1.54) is 6.07 Å². The van der Waals surface area contributed by atoms with Crippen molar-refractivity contribution in [1.29, 1.82) is 0 Å². The summed E-state index contributed by atoms with van der Waals surface area (Å²) in [6, 6.07) is 12.1. The first-order valence-electron chi connectivity index (χ1n) is 9.00. The predicted octanol–water partition coefficient (Wildman–Crippen LogP) is 2.96. The van der Waals surface area contributed by atoms with Gasteiger partial charge in [-0.25, -0.2) is 8.42 Å². The number of anilines is 1. The molecule has 0 bridgehead atoms. The summed E-state index contributed by atoms with van der Waals surface area (Å²) in [5, 5.41) is 3.25. The van der Waals surface area contributed by atoms with Crippen molar-refractivity contribution in [2.24, 2.45) is 0 Å². The Morgan fingerprint density at radius 3 is 2.46 bits per heavy atom. The Morgan fingerprint density at radius 1 is 1.14 bits per heavy atom. The number of halogens is 1. The normalized spacial score (nSPS) is 17.0. The van der Waals surface area contributed by atoms with Gasteiger partial charge in [-0.2, -0.15) is 0 Å². The summed E-state index contributed by atoms with van der Waals surface area (Å²) in [6.45, 7) is 7.73. The number of sulfonamides is 1. The minimum atomic E-state index is -3.79. The molecule has 0 unspecified atom stereocenters. The minimum absolute atomic E-state index is 0. The van der Waals surface area contributed by atoms with Crippen LogP contribution in [-0.4, -0.2) is 44.9 Å². The Morgan fingerprint density at radius 2 is 1.82 bits per heavy atom. The second-order valence-electron chi connectivity index (χ2n) is 7.00. The number of piperazine rings is 1. The molecule has 28 heavy (non-hydrogen) atoms. The fourth-order valence-electron chi connectivity index (χ4n) is 3.16. The molecule has 2 aromatic carbocycles. The van der Waals surface area contributed by atoms with E-state index in [1.54, 1.807) is 36.1 Å². The lowest BCUT2D eigenvalue weighted by atomic mass is 10.1. The largest absolute Gasteiger partial charge is 0.333 e. The van der Waals surface area contributed by atoms with Gasteiger partial charge in [-0.3, -0.25) is 9.52 Å². The average Bonchev–Trinajstić information content (AvgIpc) is 2.63. The zero-order valence-corrected chi connectivity index (χ0v) is 17.9. The van der Waals surface area contributed by atoms with Crippen LogP contribution >= 0.6 is 12.4 Å². The summed E-state index contributed by atoms with van der Waals surface area (Å²) in [7, 11) is -3.79. The molecule has 1 saturated heterocycles. The van der Waals surface area contributed by atoms with Crippen molar-refractivity contribution in [3.05, 3.63) is 59.2 Å². The molecule has 0 aromatic heterocycles. The topological polar surface area (TPSA) is 78.5 Å². The van der Waals surface area contributed by atoms with E-state index in [1.807, 2.05) is 26.0 Å². The Kier molecular flexibility index (Phi) is 7.09. The van der Waals surface area contributed by atoms with Gasteiger partial charge in [0.05, 0.1) is 4.90 Å². The fourth-order valence-corrected chi connectivity index (χ4v) is 4.49. The Hall–Kier alpha value is -2.09. The van der Waals surface area contributed by atoms with Crippen LogP contribution in [0, 0.1) is 13.8 Å². The van der Waals surface area contributed by atoms with E-state index in [2.05, 4.69) is 10.0 Å². The Bertz CT molecular complexity index is 946. The maximum Gasteiger partial charge on any atom is 0.262 e. The Balaban J connectivity index is 0.00000280. The standard InChI is InChI=1S/C20H25N3O3S.ClH/c1-14-4-8-18(9-5-14)22-27(25,26)19-12-17(7-6-15(19)2)20(24)23-11-10-21-13-16(23)3;/h4-9,12,16,21-22H,10-11,13H2,1-3H3;1H/t16-;/m0./s1. The second kappa shape index (κ2) is 8.94. The lowest BCUT2D eigenvalue weighted by Crippen LogP contribution is -2.52. The average molecular weight is 424 g/mol. The fraction of sp³-hybridized carbons (Fsp3) is 0.350. The molecule has 1 aliphatic rings. The van der Waals surface area contributed by atoms with Gasteiger partial charge in [0.15, 0.2) is 0 Å². The molecule has 0 spiro atoms. The number of carbonyl (C=O) groups is 1. The summed E-state index contributed by atoms with van der Waals surface area (Å²) in [6.07, 6.45) is 0. The number of hydrogen-bond acceptors (Lipinski definition) is 4. The number of amides is 1. The molecule has 0 radical (unpaired) electrons. The molecule has 6 nitrogen and oxygen atoms in total. The van der Waals surface area contributed by atoms with Crippen molar-refractivity contribution in [1.82, 2.24) is 10.2 Å². The summed E-state index contributed by atoms with van der Waals surface area (Å²) in [5.41, 5.74) is 2.53. The van der Waals surface area contributed by atoms with Crippen LogP contribution in [0.3, 0.4) is 0 Å². The third-order valence-corrected chi connectivity index (χ3v) is 6.31. The number of rotatable bonds is 4. The van der Waals surface area contributed by atoms with Gasteiger partial charge in [0.25, 0.3) is 15.9 Å². The van der Waals surface area contributed by atoms with Crippen LogP contribution in [0.15, 0.2) is 47.4 Å². The van der Waals surface area contributed by atoms with E-state index < -0.39 is 10.0 Å². The molecule has 1 fully saturated rings. The highest BCUT2D eigenvalue weighted by Crippen LogP contribution is 2.22. The number of hydrogen-bond donors (Lipinski definition) is 2. The zero-order chi connectivity index (χ0) is 19.6. The Labute approximate surface area is 172 Å². The highest BCUT2D eigenvalue weighted by molar-refractivity contribution is 7.92. The molecule has 0 saturated carbocycles. The summed E-state index contributed by atoms with van der Waals surface area (Å²) in [5.74, 6) is -0.143. The number of carbonyl (C=O) groups excluding carboxylic acids is 1. The maximum atomic E-state index is 12.9. The molecule has 1 atom stereocenters. The molecular formula is C20H26ClN3O3S. The van der Waals surface area contributed by atoms with Crippen LogP contribution in [0.4, 0.5) is 5.69 Å². The van der Waals surface area contributed by atoms with Crippen LogP contribution in [0.5, 0.6) is 0 Å². The van der Waals surface area contributed by atoms with Gasteiger partial charge in [-0.1, -0.05) is 23.8 Å². The smallest absolute Gasteiger partial charge is 0.262 e. The van der Waals surface area contributed by atoms with Crippen molar-refractivity contribution < 1.29 is 13.2 Å². The van der Waals surface area contributed by atoms with E-state index in [0.717, 1.165) is 18.7 Å². The third kappa shape index (κ3) is 4.84. The number of nitrogens with zero attached hydrogens (tertiary/aromatic N) is 1. The molecule has 2 aromatic rings. The van der Waals surface area contributed by atoms with Crippen LogP contribution in [0.25, 0.3) is 0 Å². The predicted molar refractivity (Wildman–Crippen MR) is 114 cm³/mol. The van der Waals surface area contributed by atoms with Gasteiger partial charge in [0, 0.05) is 36.9 Å². The lowest BCUT2D eigenvalue weighted by Gasteiger charge is -2.34. The van der Waals surface area contributed by atoms with Crippen molar-refractivity contribution in [3.8, 4) is 0 Å². The number of benzene rings is 2. The summed E-state index contributed by atoms with van der Waals surface area (Å²) >= 11 is 0. The quantitative estimate of drug-likeness (QED) is 0.792. The molecule has 1 aliphatic heterocycles. The monoisotopic (exact) mass is 423 g/mol. The van der Waals surface area contributed by atoms with Gasteiger partial charge < -0.3 is 10.2 Å². The molecule has 1 amide bonds. The van der Waals surface area contributed by atoms with Crippen molar-refractivity contribution in [2.45, 2.75) is 31.7 Å². The van der Waals surface area contributed by atoms with E-state index in [9.17, 15) is 13.2 Å². The molecule has 152 valence electrons. The van der Waals surface area contributed by atoms with Gasteiger partial charge in [-0.15, -0.1) is 12.4 Å². The highest BCUT2D eigenvalue weighted by Gasteiger charge is 2.26. The first kappa shape index (κ1) is 22.2. The number of aryl methyl sites for hydroxylation is 2. The van der Waals surface area contributed by atoms with Crippen molar-refractivity contribution >= 4 is 34.0 Å². The van der Waals surface area contributed by atoms with E-state index in [-0.39, 0.29) is 29.3 Å². The van der Waals surface area contributed by atoms with Crippen LogP contribution in [0.2, 0.25) is 0 Å². The lowest BCUT2D eigenvalue weighted by molar-refractivity contribution is 0.0655. The van der Waals surface area contributed by atoms with Crippen LogP contribution < -0.4 is 10.0 Å². The highest BCUT2D eigenvalue weighted by atomic mass is 35.5. The van der Waals surface area contributed by atoms with Crippen molar-refractivity contribution in [2.75, 3.05) is 24.4 Å². The number of nitrogens with one attached hydrogen (secondary N) is 2. The van der Waals surface area contributed by atoms with Gasteiger partial charge in [-0.05, 0) is 50.6 Å². The van der Waals surface area contributed by atoms with Crippen molar-refractivity contribution in [3.63, 3.8) is 0 Å². The summed E-state index contributed by atoms with van der Waals surface area (Å²) < 4.78 is 28.3. The minimum Gasteiger partial charge on any atom is -0.333 e. The molecule has 8 heteroatoms. The molecular weight excluding hydrogens is 398 g/mol. The first-order chi connectivity index (χ1) is 12.8. The molecule has 1 heterocycles. The van der Waals surface area contributed by atoms with E-state index >= 15 is 0 Å². The molecule has 2 N–H and O–H groups in total. The van der Waals surface area contributed by atoms with E-state index in [4.69, 9.17) is 0 Å². The maximum absolute atomic E-state index is 12.9. The first-order valence-corrected chi connectivity index (χ1v) is 10.5. The SMILES string of the molecule is Cc1ccc(NS(=O)(=O)c2cc(C(=O)N3CCNC[C@@H]3C)ccc2C)cc1.Cl. The second-order valence-corrected chi connectivity index (χ2v) is 8.65. The van der Waals surface area contributed by atoms with Gasteiger partial charge in [0.1, 0.15) is 0 Å². The third-order valence-electron chi connectivity index (χ3n) is 4.79. The van der Waals surface area contributed by atoms with Crippen LogP contribution in [0.1, 0.15) is 28.4 Å². The van der Waals surface area contributed by atoms with Gasteiger partial charge in [0.2, 0.25) is 0 Å². The van der Waals surface area contributed by atoms with E-state index in [0.29, 0.717) is 23.4 Å². The zero-order valence-electron chi connectivity index (χ0n) is 16.2. The molecule has 0 aliphatic carbocycles. The summed E-state index contributed by atoms with van der Waals surface area (Å²) in [4.78, 5) is 14.8.